The molecule has 15 heavy (non-hydrogen) atoms. The minimum atomic E-state index is -1.09. The zero-order valence-electron chi connectivity index (χ0n) is 9.52. The first-order valence-corrected chi connectivity index (χ1v) is 7.85. The van der Waals surface area contributed by atoms with Crippen molar-refractivity contribution >= 4 is 4.29 Å². The first kappa shape index (κ1) is 10.9. The number of rotatable bonds is 2. The summed E-state index contributed by atoms with van der Waals surface area (Å²) in [5.74, 6) is 0. The van der Waals surface area contributed by atoms with Crippen LogP contribution < -0.4 is 4.29 Å². The van der Waals surface area contributed by atoms with Gasteiger partial charge in [-0.05, 0) is 0 Å². The molecule has 0 atom stereocenters. The molecule has 2 heteroatoms. The molecule has 0 amide bonds. The summed E-state index contributed by atoms with van der Waals surface area (Å²) in [6, 6.07) is 4.37. The Balaban J connectivity index is 2.33. The Morgan fingerprint density at radius 3 is 2.60 bits per heavy atom. The van der Waals surface area contributed by atoms with E-state index in [4.69, 9.17) is 0 Å². The summed E-state index contributed by atoms with van der Waals surface area (Å²) in [6.07, 6.45) is 10.0. The zero-order valence-corrected chi connectivity index (χ0v) is 11.3. The van der Waals surface area contributed by atoms with Gasteiger partial charge < -0.3 is 0 Å². The van der Waals surface area contributed by atoms with Crippen molar-refractivity contribution < 1.29 is 16.0 Å². The predicted octanol–water partition coefficient (Wildman–Crippen LogP) is 3.32. The number of hydrogen-bond donors (Lipinski definition) is 1. The molecule has 0 saturated heterocycles. The fraction of sp³-hybridized carbons (Fsp3) is 0.385. The number of hydrogen-bond acceptors (Lipinski definition) is 0. The molecule has 0 aliphatic heterocycles. The van der Waals surface area contributed by atoms with E-state index in [0.717, 1.165) is 6.42 Å². The van der Waals surface area contributed by atoms with Crippen molar-refractivity contribution in [1.29, 1.82) is 0 Å². The van der Waals surface area contributed by atoms with E-state index in [0.29, 0.717) is 4.01 Å². The fourth-order valence-electron chi connectivity index (χ4n) is 1.71. The van der Waals surface area contributed by atoms with Crippen LogP contribution in [0.15, 0.2) is 40.7 Å². The average molecular weight is 289 g/mol. The van der Waals surface area contributed by atoms with Crippen LogP contribution in [0.25, 0.3) is 0 Å². The standard InChI is InChI=1S/C5H5.C4H4N.C4H9.Ru/c2*1-2-4-5-3-1;1-4(2)3;/h1-3H,4H2;1-3,5H;1-3H3;. The van der Waals surface area contributed by atoms with Crippen molar-refractivity contribution in [2.45, 2.75) is 31.2 Å². The van der Waals surface area contributed by atoms with Crippen LogP contribution in [-0.4, -0.2) is 4.98 Å². The van der Waals surface area contributed by atoms with E-state index in [1.165, 1.54) is 4.29 Å². The van der Waals surface area contributed by atoms with Crippen molar-refractivity contribution in [1.82, 2.24) is 4.98 Å². The molecule has 1 aliphatic carbocycles. The molecule has 1 N–H and O–H groups in total. The van der Waals surface area contributed by atoms with Crippen LogP contribution >= 0.6 is 0 Å². The van der Waals surface area contributed by atoms with Crippen LogP contribution in [0.2, 0.25) is 4.01 Å². The van der Waals surface area contributed by atoms with Gasteiger partial charge in [-0.2, -0.15) is 0 Å². The van der Waals surface area contributed by atoms with Crippen LogP contribution in [0.4, 0.5) is 0 Å². The molecule has 0 aromatic carbocycles. The van der Waals surface area contributed by atoms with Gasteiger partial charge in [0.25, 0.3) is 0 Å². The first-order chi connectivity index (χ1) is 7.09. The number of nitrogens with one attached hydrogen (secondary N) is 1. The molecule has 83 valence electrons. The van der Waals surface area contributed by atoms with E-state index in [2.05, 4.69) is 56.1 Å². The van der Waals surface area contributed by atoms with E-state index in [9.17, 15) is 0 Å². The van der Waals surface area contributed by atoms with Crippen LogP contribution in [0, 0.1) is 0 Å². The van der Waals surface area contributed by atoms with Crippen LogP contribution in [0.3, 0.4) is 0 Å². The third kappa shape index (κ3) is 2.31. The van der Waals surface area contributed by atoms with Gasteiger partial charge in [-0.15, -0.1) is 0 Å². The van der Waals surface area contributed by atoms with Crippen molar-refractivity contribution in [3.8, 4) is 0 Å². The number of aromatic amines is 1. The van der Waals surface area contributed by atoms with E-state index >= 15 is 0 Å². The van der Waals surface area contributed by atoms with Gasteiger partial charge in [0.2, 0.25) is 0 Å². The molecule has 0 bridgehead atoms. The Labute approximate surface area is 97.2 Å². The summed E-state index contributed by atoms with van der Waals surface area (Å²) >= 11 is -1.09. The molecule has 0 radical (unpaired) electrons. The van der Waals surface area contributed by atoms with Crippen LogP contribution in [-0.2, 0) is 16.0 Å². The SMILES string of the molecule is C[C](C)(C)[Ru]([C]1=CC=CC1)[c]1ccc[nH]1. The molecule has 2 rings (SSSR count). The Morgan fingerprint density at radius 2 is 2.13 bits per heavy atom. The summed E-state index contributed by atoms with van der Waals surface area (Å²) in [5.41, 5.74) is 0. The molecule has 0 fully saturated rings. The molecule has 1 aromatic heterocycles. The third-order valence-corrected chi connectivity index (χ3v) is 8.06. The summed E-state index contributed by atoms with van der Waals surface area (Å²) < 4.78 is 3.55. The number of aromatic nitrogens is 1. The van der Waals surface area contributed by atoms with Gasteiger partial charge in [0.05, 0.1) is 0 Å². The van der Waals surface area contributed by atoms with E-state index in [-0.39, 0.29) is 0 Å². The molecule has 0 saturated carbocycles. The topological polar surface area (TPSA) is 15.8 Å². The van der Waals surface area contributed by atoms with Gasteiger partial charge in [-0.25, -0.2) is 0 Å². The number of allylic oxidation sites excluding steroid dienone is 4. The first-order valence-electron chi connectivity index (χ1n) is 5.24. The maximum absolute atomic E-state index is 3.42. The van der Waals surface area contributed by atoms with Gasteiger partial charge in [0.15, 0.2) is 0 Å². The zero-order chi connectivity index (χ0) is 10.9. The Kier molecular flexibility index (Phi) is 2.97. The monoisotopic (exact) mass is 290 g/mol. The molecule has 1 aromatic rings. The Bertz CT molecular complexity index is 379. The second-order valence-electron chi connectivity index (χ2n) is 4.53. The van der Waals surface area contributed by atoms with Crippen molar-refractivity contribution in [3.05, 3.63) is 40.7 Å². The maximum atomic E-state index is 3.42. The van der Waals surface area contributed by atoms with Gasteiger partial charge >= 0.3 is 97.1 Å². The van der Waals surface area contributed by atoms with Crippen LogP contribution in [0.1, 0.15) is 27.2 Å². The summed E-state index contributed by atoms with van der Waals surface area (Å²) in [7, 11) is 0. The quantitative estimate of drug-likeness (QED) is 0.804. The molecule has 0 spiro atoms. The minimum absolute atomic E-state index is 0.410. The van der Waals surface area contributed by atoms with Crippen molar-refractivity contribution in [3.63, 3.8) is 0 Å². The van der Waals surface area contributed by atoms with Gasteiger partial charge in [-0.3, -0.25) is 0 Å². The molecule has 1 aliphatic rings. The summed E-state index contributed by atoms with van der Waals surface area (Å²) in [6.45, 7) is 7.10. The van der Waals surface area contributed by atoms with E-state index in [1.54, 1.807) is 4.17 Å². The Hall–Kier alpha value is -0.617. The normalized spacial score (nSPS) is 16.7. The molecular weight excluding hydrogens is 271 g/mol. The molecular formula is C13H18NRu. The van der Waals surface area contributed by atoms with E-state index < -0.39 is 16.0 Å². The van der Waals surface area contributed by atoms with Gasteiger partial charge in [0, 0.05) is 0 Å². The van der Waals surface area contributed by atoms with Crippen molar-refractivity contribution in [2.24, 2.45) is 0 Å². The van der Waals surface area contributed by atoms with E-state index in [1.807, 2.05) is 6.20 Å². The predicted molar refractivity (Wildman–Crippen MR) is 62.0 cm³/mol. The average Bonchev–Trinajstić information content (AvgIpc) is 2.73. The van der Waals surface area contributed by atoms with Gasteiger partial charge in [0.1, 0.15) is 0 Å². The molecule has 1 heterocycles. The van der Waals surface area contributed by atoms with Crippen molar-refractivity contribution in [2.75, 3.05) is 0 Å². The molecule has 1 nitrogen and oxygen atoms in total. The Morgan fingerprint density at radius 1 is 1.33 bits per heavy atom. The van der Waals surface area contributed by atoms with Crippen LogP contribution in [0.5, 0.6) is 0 Å². The fourth-order valence-corrected chi connectivity index (χ4v) is 7.26. The number of H-pyrrole nitrogens is 1. The molecule has 0 unspecified atom stereocenters. The third-order valence-electron chi connectivity index (χ3n) is 2.22. The van der Waals surface area contributed by atoms with Gasteiger partial charge in [-0.1, -0.05) is 0 Å². The second-order valence-corrected chi connectivity index (χ2v) is 10.5. The second kappa shape index (κ2) is 4.10. The summed E-state index contributed by atoms with van der Waals surface area (Å²) in [4.78, 5) is 3.42. The summed E-state index contributed by atoms with van der Waals surface area (Å²) in [5, 5.41) is 0.